The van der Waals surface area contributed by atoms with Crippen LogP contribution in [0.1, 0.15) is 15.9 Å². The molecule has 0 saturated carbocycles. The predicted molar refractivity (Wildman–Crippen MR) is 145 cm³/mol. The quantitative estimate of drug-likeness (QED) is 0.249. The van der Waals surface area contributed by atoms with Crippen LogP contribution in [0.4, 0.5) is 14.6 Å². The van der Waals surface area contributed by atoms with Crippen LogP contribution in [0, 0.1) is 11.6 Å². The molecular weight excluding hydrogens is 484 g/mol. The van der Waals surface area contributed by atoms with Crippen LogP contribution in [0.15, 0.2) is 89.5 Å². The molecule has 7 aromatic rings. The number of benzene rings is 5. The first-order chi connectivity index (χ1) is 18.5. The van der Waals surface area contributed by atoms with Crippen molar-refractivity contribution in [2.45, 2.75) is 6.54 Å². The van der Waals surface area contributed by atoms with E-state index < -0.39 is 11.6 Å². The van der Waals surface area contributed by atoms with Crippen LogP contribution in [0.3, 0.4) is 0 Å². The number of carbonyl (C=O) groups is 1. The molecule has 4 aromatic carbocycles. The number of nitrogen functional groups attached to an aromatic ring is 1. The zero-order valence-electron chi connectivity index (χ0n) is 19.9. The minimum Gasteiger partial charge on any atom is -0.455 e. The van der Waals surface area contributed by atoms with E-state index in [1.807, 2.05) is 48.5 Å². The van der Waals surface area contributed by atoms with E-state index in [-0.39, 0.29) is 5.91 Å². The van der Waals surface area contributed by atoms with Crippen LogP contribution in [0.2, 0.25) is 0 Å². The van der Waals surface area contributed by atoms with Crippen molar-refractivity contribution in [3.63, 3.8) is 0 Å². The number of nitrogens with one attached hydrogen (secondary N) is 1. The minimum atomic E-state index is -0.629. The zero-order chi connectivity index (χ0) is 26.0. The zero-order valence-corrected chi connectivity index (χ0v) is 19.9. The number of aromatic nitrogens is 1. The van der Waals surface area contributed by atoms with Crippen molar-refractivity contribution >= 4 is 55.2 Å². The fourth-order valence-electron chi connectivity index (χ4n) is 5.23. The number of furan rings is 2. The summed E-state index contributed by atoms with van der Waals surface area (Å²) in [4.78, 5) is 17.2. The number of amides is 1. The first-order valence-corrected chi connectivity index (χ1v) is 12.0. The summed E-state index contributed by atoms with van der Waals surface area (Å²) < 4.78 is 33.9. The third-order valence-corrected chi connectivity index (χ3v) is 7.09. The molecule has 0 radical (unpaired) electrons. The number of rotatable bonds is 4. The average Bonchev–Trinajstić information content (AvgIpc) is 3.49. The lowest BCUT2D eigenvalue weighted by atomic mass is 9.97. The largest absolute Gasteiger partial charge is 0.455 e. The van der Waals surface area contributed by atoms with Gasteiger partial charge in [0.2, 0.25) is 0 Å². The third kappa shape index (κ3) is 3.36. The smallest absolute Gasteiger partial charge is 0.251 e. The van der Waals surface area contributed by atoms with Gasteiger partial charge in [-0.3, -0.25) is 4.79 Å². The Morgan fingerprint density at radius 3 is 2.45 bits per heavy atom. The van der Waals surface area contributed by atoms with Crippen LogP contribution in [-0.2, 0) is 6.54 Å². The highest BCUT2D eigenvalue weighted by molar-refractivity contribution is 6.26. The van der Waals surface area contributed by atoms with Gasteiger partial charge in [-0.1, -0.05) is 24.3 Å². The molecule has 0 fully saturated rings. The molecule has 7 heteroatoms. The highest BCUT2D eigenvalue weighted by Crippen LogP contribution is 2.42. The second-order valence-electron chi connectivity index (χ2n) is 9.30. The number of nitrogens with zero attached hydrogens (tertiary/aromatic N) is 1. The Balaban J connectivity index is 1.23. The molecular formula is C31H19F2N3O2. The topological polar surface area (TPSA) is 81.1 Å². The summed E-state index contributed by atoms with van der Waals surface area (Å²) >= 11 is 0. The molecule has 3 heterocycles. The fraction of sp³-hybridized carbons (Fsp3) is 0.0323. The summed E-state index contributed by atoms with van der Waals surface area (Å²) in [5.41, 5.74) is 9.69. The van der Waals surface area contributed by atoms with E-state index >= 15 is 0 Å². The highest BCUT2D eigenvalue weighted by atomic mass is 19.1. The van der Waals surface area contributed by atoms with Crippen molar-refractivity contribution in [1.82, 2.24) is 10.3 Å². The Hall–Kier alpha value is -5.04. The Morgan fingerprint density at radius 1 is 0.816 bits per heavy atom. The molecule has 184 valence electrons. The van der Waals surface area contributed by atoms with Crippen molar-refractivity contribution in [2.75, 3.05) is 5.73 Å². The van der Waals surface area contributed by atoms with E-state index in [0.717, 1.165) is 43.9 Å². The molecule has 0 saturated heterocycles. The van der Waals surface area contributed by atoms with Crippen LogP contribution >= 0.6 is 0 Å². The van der Waals surface area contributed by atoms with Gasteiger partial charge in [-0.25, -0.2) is 13.8 Å². The standard InChI is InChI=1S/C31H19F2N3O2/c32-19-6-9-21(27(33)14-19)16-4-7-22-25(12-16)29-26-13-17(5-8-23(26)28(22)38-29)31(37)36-15-18-2-1-3-24-20(18)10-11-35-30(24)34/h1-14H,15H2,(H2,34,35)(H,36,37). The number of carbonyl (C=O) groups excluding carboxylic acids is 1. The van der Waals surface area contributed by atoms with Crippen molar-refractivity contribution in [2.24, 2.45) is 0 Å². The van der Waals surface area contributed by atoms with Crippen molar-refractivity contribution in [3.8, 4) is 11.1 Å². The highest BCUT2D eigenvalue weighted by Gasteiger charge is 2.20. The molecule has 3 aromatic heterocycles. The van der Waals surface area contributed by atoms with Gasteiger partial charge in [0.05, 0.1) is 0 Å². The number of halogens is 2. The Labute approximate surface area is 214 Å². The van der Waals surface area contributed by atoms with E-state index in [2.05, 4.69) is 10.3 Å². The first-order valence-electron chi connectivity index (χ1n) is 12.0. The first kappa shape index (κ1) is 22.2. The van der Waals surface area contributed by atoms with E-state index in [9.17, 15) is 13.6 Å². The van der Waals surface area contributed by atoms with E-state index in [4.69, 9.17) is 10.2 Å². The van der Waals surface area contributed by atoms with Gasteiger partial charge in [0, 0.05) is 56.9 Å². The predicted octanol–water partition coefficient (Wildman–Crippen LogP) is 7.18. The van der Waals surface area contributed by atoms with Gasteiger partial charge in [0.25, 0.3) is 5.91 Å². The summed E-state index contributed by atoms with van der Waals surface area (Å²) in [6.45, 7) is 0.330. The molecule has 0 aliphatic heterocycles. The molecule has 0 atom stereocenters. The lowest BCUT2D eigenvalue weighted by Crippen LogP contribution is -2.22. The summed E-state index contributed by atoms with van der Waals surface area (Å²) in [5.74, 6) is -1.02. The monoisotopic (exact) mass is 503 g/mol. The molecule has 0 aliphatic rings. The summed E-state index contributed by atoms with van der Waals surface area (Å²) in [7, 11) is 0. The molecule has 0 spiro atoms. The van der Waals surface area contributed by atoms with Gasteiger partial charge in [0.15, 0.2) is 0 Å². The van der Waals surface area contributed by atoms with E-state index in [1.165, 1.54) is 12.1 Å². The lowest BCUT2D eigenvalue weighted by Gasteiger charge is -2.10. The van der Waals surface area contributed by atoms with Gasteiger partial charge in [0.1, 0.15) is 28.6 Å². The molecule has 3 N–H and O–H groups in total. The maximum Gasteiger partial charge on any atom is 0.251 e. The molecule has 0 aliphatic carbocycles. The van der Waals surface area contributed by atoms with Crippen LogP contribution in [0.5, 0.6) is 0 Å². The normalized spacial score (nSPS) is 11.7. The minimum absolute atomic E-state index is 0.220. The second kappa shape index (κ2) is 8.24. The number of pyridine rings is 1. The summed E-state index contributed by atoms with van der Waals surface area (Å²) in [6.07, 6.45) is 1.65. The number of hydrogen-bond acceptors (Lipinski definition) is 4. The van der Waals surface area contributed by atoms with E-state index in [0.29, 0.717) is 40.2 Å². The summed E-state index contributed by atoms with van der Waals surface area (Å²) in [6, 6.07) is 22.1. The Kier molecular flexibility index (Phi) is 4.81. The number of hydrogen-bond donors (Lipinski definition) is 2. The Bertz CT molecular complexity index is 2050. The van der Waals surface area contributed by atoms with Gasteiger partial charge in [-0.2, -0.15) is 0 Å². The maximum absolute atomic E-state index is 14.4. The lowest BCUT2D eigenvalue weighted by molar-refractivity contribution is 0.0951. The van der Waals surface area contributed by atoms with Crippen molar-refractivity contribution in [1.29, 1.82) is 0 Å². The molecule has 0 unspecified atom stereocenters. The van der Waals surface area contributed by atoms with Gasteiger partial charge in [-0.15, -0.1) is 0 Å². The summed E-state index contributed by atoms with van der Waals surface area (Å²) in [5, 5.41) is 8.21. The number of anilines is 1. The molecule has 5 nitrogen and oxygen atoms in total. The number of nitrogens with two attached hydrogens (primary N) is 1. The van der Waals surface area contributed by atoms with E-state index in [1.54, 1.807) is 18.3 Å². The number of fused-ring (bicyclic) bond motifs is 9. The molecule has 7 rings (SSSR count). The van der Waals surface area contributed by atoms with Gasteiger partial charge in [-0.05, 0) is 65.0 Å². The van der Waals surface area contributed by atoms with Crippen molar-refractivity contribution < 1.29 is 18.0 Å². The van der Waals surface area contributed by atoms with Crippen LogP contribution < -0.4 is 11.1 Å². The second-order valence-corrected chi connectivity index (χ2v) is 9.30. The Morgan fingerprint density at radius 2 is 1.61 bits per heavy atom. The molecule has 1 amide bonds. The average molecular weight is 504 g/mol. The van der Waals surface area contributed by atoms with Crippen LogP contribution in [-0.4, -0.2) is 10.9 Å². The maximum atomic E-state index is 14.4. The fourth-order valence-corrected chi connectivity index (χ4v) is 5.23. The SMILES string of the molecule is Nc1nccc2c(CNC(=O)c3ccc4c(c3)c3oc4c4ccc(-c5ccc(F)cc5F)cc43)cccc12. The van der Waals surface area contributed by atoms with Gasteiger partial charge < -0.3 is 15.5 Å². The third-order valence-electron chi connectivity index (χ3n) is 7.09. The van der Waals surface area contributed by atoms with Crippen molar-refractivity contribution in [3.05, 3.63) is 108 Å². The van der Waals surface area contributed by atoms with Gasteiger partial charge >= 0.3 is 0 Å². The molecule has 38 heavy (non-hydrogen) atoms. The molecule has 2 bridgehead atoms. The van der Waals surface area contributed by atoms with Crippen LogP contribution in [0.25, 0.3) is 54.6 Å².